The number of carbonyl (C=O) groups is 2. The van der Waals surface area contributed by atoms with Gasteiger partial charge in [-0.05, 0) is 49.4 Å². The molecule has 0 radical (unpaired) electrons. The molecule has 0 aliphatic rings. The molecule has 138 valence electrons. The van der Waals surface area contributed by atoms with Crippen LogP contribution in [0.15, 0.2) is 60.9 Å². The van der Waals surface area contributed by atoms with Crippen LogP contribution in [0.4, 0.5) is 14.5 Å². The Morgan fingerprint density at radius 3 is 2.52 bits per heavy atom. The zero-order valence-electron chi connectivity index (χ0n) is 14.2. The lowest BCUT2D eigenvalue weighted by Crippen LogP contribution is -2.30. The first-order valence-electron chi connectivity index (χ1n) is 8.01. The summed E-state index contributed by atoms with van der Waals surface area (Å²) in [5.41, 5.74) is 0.806. The minimum Gasteiger partial charge on any atom is -0.449 e. The van der Waals surface area contributed by atoms with Gasteiger partial charge in [-0.1, -0.05) is 0 Å². The predicted octanol–water partition coefficient (Wildman–Crippen LogP) is 3.33. The molecule has 0 saturated heterocycles. The standard InChI is InChI=1S/C19H15F2N3O3/c1-12(18(25)23-17-8-5-14(20)11-16(17)21)27-19(26)13-3-6-15(7-4-13)24-10-2-9-22-24/h2-12H,1H3,(H,23,25)/t12-/m0/s1. The Morgan fingerprint density at radius 2 is 1.89 bits per heavy atom. The third-order valence-corrected chi connectivity index (χ3v) is 3.71. The van der Waals surface area contributed by atoms with E-state index in [9.17, 15) is 18.4 Å². The van der Waals surface area contributed by atoms with Crippen LogP contribution in [0.25, 0.3) is 5.69 Å². The number of amides is 1. The summed E-state index contributed by atoms with van der Waals surface area (Å²) in [5.74, 6) is -3.12. The minimum atomic E-state index is -1.17. The van der Waals surface area contributed by atoms with Gasteiger partial charge in [-0.2, -0.15) is 5.10 Å². The average molecular weight is 371 g/mol. The first kappa shape index (κ1) is 18.2. The highest BCUT2D eigenvalue weighted by Crippen LogP contribution is 2.16. The molecule has 0 bridgehead atoms. The Bertz CT molecular complexity index is 957. The fourth-order valence-electron chi connectivity index (χ4n) is 2.28. The molecule has 1 aromatic heterocycles. The van der Waals surface area contributed by atoms with Crippen LogP contribution in [0.3, 0.4) is 0 Å². The van der Waals surface area contributed by atoms with Gasteiger partial charge in [0.25, 0.3) is 5.91 Å². The van der Waals surface area contributed by atoms with Gasteiger partial charge in [-0.15, -0.1) is 0 Å². The van der Waals surface area contributed by atoms with Crippen molar-refractivity contribution in [2.75, 3.05) is 5.32 Å². The van der Waals surface area contributed by atoms with Crippen molar-refractivity contribution in [2.24, 2.45) is 0 Å². The summed E-state index contributed by atoms with van der Waals surface area (Å²) < 4.78 is 33.2. The first-order chi connectivity index (χ1) is 12.9. The van der Waals surface area contributed by atoms with E-state index in [0.717, 1.165) is 17.8 Å². The summed E-state index contributed by atoms with van der Waals surface area (Å²) >= 11 is 0. The van der Waals surface area contributed by atoms with Crippen molar-refractivity contribution in [3.05, 3.63) is 78.1 Å². The van der Waals surface area contributed by atoms with E-state index < -0.39 is 29.6 Å². The fourth-order valence-corrected chi connectivity index (χ4v) is 2.28. The van der Waals surface area contributed by atoms with E-state index in [0.29, 0.717) is 6.07 Å². The maximum absolute atomic E-state index is 13.6. The molecule has 0 saturated carbocycles. The second kappa shape index (κ2) is 7.77. The van der Waals surface area contributed by atoms with Crippen molar-refractivity contribution in [1.82, 2.24) is 9.78 Å². The van der Waals surface area contributed by atoms with Crippen LogP contribution in [-0.4, -0.2) is 27.8 Å². The summed E-state index contributed by atoms with van der Waals surface area (Å²) in [5, 5.41) is 6.33. The minimum absolute atomic E-state index is 0.201. The van der Waals surface area contributed by atoms with Crippen LogP contribution in [-0.2, 0) is 9.53 Å². The van der Waals surface area contributed by atoms with Crippen molar-refractivity contribution in [3.63, 3.8) is 0 Å². The maximum Gasteiger partial charge on any atom is 0.338 e. The van der Waals surface area contributed by atoms with Crippen molar-refractivity contribution in [3.8, 4) is 5.69 Å². The molecule has 0 spiro atoms. The molecular weight excluding hydrogens is 356 g/mol. The van der Waals surface area contributed by atoms with E-state index >= 15 is 0 Å². The predicted molar refractivity (Wildman–Crippen MR) is 93.4 cm³/mol. The van der Waals surface area contributed by atoms with E-state index in [-0.39, 0.29) is 11.3 Å². The highest BCUT2D eigenvalue weighted by atomic mass is 19.1. The van der Waals surface area contributed by atoms with Crippen molar-refractivity contribution in [1.29, 1.82) is 0 Å². The Balaban J connectivity index is 1.62. The molecule has 1 heterocycles. The molecule has 2 aromatic carbocycles. The number of hydrogen-bond donors (Lipinski definition) is 1. The molecule has 0 aliphatic heterocycles. The van der Waals surface area contributed by atoms with E-state index in [1.54, 1.807) is 47.4 Å². The van der Waals surface area contributed by atoms with Gasteiger partial charge in [0, 0.05) is 18.5 Å². The van der Waals surface area contributed by atoms with E-state index in [1.165, 1.54) is 6.92 Å². The summed E-state index contributed by atoms with van der Waals surface area (Å²) in [7, 11) is 0. The summed E-state index contributed by atoms with van der Waals surface area (Å²) in [6.45, 7) is 1.35. The Labute approximate surface area is 153 Å². The molecule has 0 fully saturated rings. The lowest BCUT2D eigenvalue weighted by Gasteiger charge is -2.14. The lowest BCUT2D eigenvalue weighted by atomic mass is 10.2. The second-order valence-electron chi connectivity index (χ2n) is 5.66. The molecule has 1 amide bonds. The van der Waals surface area contributed by atoms with Crippen LogP contribution >= 0.6 is 0 Å². The third-order valence-electron chi connectivity index (χ3n) is 3.71. The number of nitrogens with one attached hydrogen (secondary N) is 1. The normalized spacial score (nSPS) is 11.7. The number of esters is 1. The molecule has 0 aliphatic carbocycles. The quantitative estimate of drug-likeness (QED) is 0.698. The highest BCUT2D eigenvalue weighted by molar-refractivity contribution is 5.97. The average Bonchev–Trinajstić information content (AvgIpc) is 3.18. The first-order valence-corrected chi connectivity index (χ1v) is 8.01. The topological polar surface area (TPSA) is 73.2 Å². The number of hydrogen-bond acceptors (Lipinski definition) is 4. The smallest absolute Gasteiger partial charge is 0.338 e. The van der Waals surface area contributed by atoms with E-state index in [2.05, 4.69) is 10.4 Å². The second-order valence-corrected chi connectivity index (χ2v) is 5.66. The van der Waals surface area contributed by atoms with Crippen LogP contribution in [0.5, 0.6) is 0 Å². The van der Waals surface area contributed by atoms with Gasteiger partial charge < -0.3 is 10.1 Å². The third kappa shape index (κ3) is 4.35. The number of carbonyl (C=O) groups excluding carboxylic acids is 2. The van der Waals surface area contributed by atoms with Gasteiger partial charge >= 0.3 is 5.97 Å². The molecule has 8 heteroatoms. The number of benzene rings is 2. The van der Waals surface area contributed by atoms with Crippen molar-refractivity contribution < 1.29 is 23.1 Å². The Kier molecular flexibility index (Phi) is 5.25. The van der Waals surface area contributed by atoms with Gasteiger partial charge in [0.2, 0.25) is 0 Å². The van der Waals surface area contributed by atoms with Crippen LogP contribution in [0.2, 0.25) is 0 Å². The highest BCUT2D eigenvalue weighted by Gasteiger charge is 2.20. The molecule has 6 nitrogen and oxygen atoms in total. The molecule has 0 unspecified atom stereocenters. The molecule has 3 rings (SSSR count). The monoisotopic (exact) mass is 371 g/mol. The zero-order chi connectivity index (χ0) is 19.4. The van der Waals surface area contributed by atoms with Crippen LogP contribution < -0.4 is 5.32 Å². The fraction of sp³-hybridized carbons (Fsp3) is 0.105. The number of halogens is 2. The molecule has 3 aromatic rings. The largest absolute Gasteiger partial charge is 0.449 e. The van der Waals surface area contributed by atoms with E-state index in [1.807, 2.05) is 0 Å². The van der Waals surface area contributed by atoms with Crippen molar-refractivity contribution >= 4 is 17.6 Å². The number of aromatic nitrogens is 2. The number of ether oxygens (including phenoxy) is 1. The van der Waals surface area contributed by atoms with Gasteiger partial charge in [-0.25, -0.2) is 18.3 Å². The Morgan fingerprint density at radius 1 is 1.15 bits per heavy atom. The summed E-state index contributed by atoms with van der Waals surface area (Å²) in [6.07, 6.45) is 2.22. The number of rotatable bonds is 5. The van der Waals surface area contributed by atoms with Gasteiger partial charge in [-0.3, -0.25) is 4.79 Å². The molecule has 27 heavy (non-hydrogen) atoms. The Hall–Kier alpha value is -3.55. The molecular formula is C19H15F2N3O3. The molecule has 1 atom stereocenters. The molecule has 1 N–H and O–H groups in total. The summed E-state index contributed by atoms with van der Waals surface area (Å²) in [6, 6.07) is 11.0. The summed E-state index contributed by atoms with van der Waals surface area (Å²) in [4.78, 5) is 24.2. The maximum atomic E-state index is 13.6. The van der Waals surface area contributed by atoms with Gasteiger partial charge in [0.05, 0.1) is 16.9 Å². The zero-order valence-corrected chi connectivity index (χ0v) is 14.2. The van der Waals surface area contributed by atoms with Crippen LogP contribution in [0.1, 0.15) is 17.3 Å². The van der Waals surface area contributed by atoms with Crippen LogP contribution in [0, 0.1) is 11.6 Å². The SMILES string of the molecule is C[C@H](OC(=O)c1ccc(-n2cccn2)cc1)C(=O)Nc1ccc(F)cc1F. The van der Waals surface area contributed by atoms with Gasteiger partial charge in [0.1, 0.15) is 11.6 Å². The number of nitrogens with zero attached hydrogens (tertiary/aromatic N) is 2. The number of anilines is 1. The van der Waals surface area contributed by atoms with Crippen molar-refractivity contribution in [2.45, 2.75) is 13.0 Å². The lowest BCUT2D eigenvalue weighted by molar-refractivity contribution is -0.123. The van der Waals surface area contributed by atoms with Gasteiger partial charge in [0.15, 0.2) is 6.10 Å². The van der Waals surface area contributed by atoms with E-state index in [4.69, 9.17) is 4.74 Å².